The average Bonchev–Trinajstić information content (AvgIpc) is 3.30. The molecule has 5 nitrogen and oxygen atoms in total. The number of hydrogen-bond acceptors (Lipinski definition) is 3. The number of rotatable bonds is 4. The van der Waals surface area contributed by atoms with Crippen LogP contribution in [-0.2, 0) is 6.54 Å². The Balaban J connectivity index is 1.40. The van der Waals surface area contributed by atoms with Crippen LogP contribution >= 0.6 is 0 Å². The van der Waals surface area contributed by atoms with E-state index in [4.69, 9.17) is 0 Å². The number of aryl methyl sites for hydroxylation is 2. The van der Waals surface area contributed by atoms with E-state index in [9.17, 15) is 0 Å². The van der Waals surface area contributed by atoms with Gasteiger partial charge in [0.15, 0.2) is 0 Å². The third-order valence-corrected chi connectivity index (χ3v) is 4.78. The number of nitrogens with zero attached hydrogens (tertiary/aromatic N) is 5. The third kappa shape index (κ3) is 2.99. The van der Waals surface area contributed by atoms with E-state index in [0.717, 1.165) is 31.0 Å². The predicted molar refractivity (Wildman–Crippen MR) is 94.2 cm³/mol. The summed E-state index contributed by atoms with van der Waals surface area (Å²) in [5.41, 5.74) is 4.89. The lowest BCUT2D eigenvalue weighted by Crippen LogP contribution is -2.22. The number of likely N-dealkylation sites (tertiary alicyclic amines) is 1. The summed E-state index contributed by atoms with van der Waals surface area (Å²) in [7, 11) is 0. The van der Waals surface area contributed by atoms with Crippen LogP contribution in [0.2, 0.25) is 0 Å². The highest BCUT2D eigenvalue weighted by molar-refractivity contribution is 5.34. The Morgan fingerprint density at radius 1 is 1.17 bits per heavy atom. The molecule has 1 aromatic carbocycles. The van der Waals surface area contributed by atoms with Crippen molar-refractivity contribution < 1.29 is 0 Å². The maximum absolute atomic E-state index is 4.66. The van der Waals surface area contributed by atoms with Crippen molar-refractivity contribution in [3.05, 3.63) is 66.0 Å². The fourth-order valence-corrected chi connectivity index (χ4v) is 3.61. The van der Waals surface area contributed by atoms with Gasteiger partial charge in [-0.05, 0) is 44.0 Å². The Bertz CT molecular complexity index is 801. The second-order valence-electron chi connectivity index (χ2n) is 6.69. The molecule has 0 spiro atoms. The molecular weight excluding hydrogens is 298 g/mol. The van der Waals surface area contributed by atoms with Crippen LogP contribution in [0.5, 0.6) is 0 Å². The Morgan fingerprint density at radius 2 is 2.00 bits per heavy atom. The highest BCUT2D eigenvalue weighted by Crippen LogP contribution is 2.24. The second kappa shape index (κ2) is 6.24. The molecule has 0 bridgehead atoms. The maximum Gasteiger partial charge on any atom is 0.0991 e. The molecule has 4 rings (SSSR count). The van der Waals surface area contributed by atoms with E-state index < -0.39 is 0 Å². The lowest BCUT2D eigenvalue weighted by atomic mass is 10.2. The van der Waals surface area contributed by atoms with Crippen LogP contribution < -0.4 is 0 Å². The number of aromatic nitrogens is 4. The van der Waals surface area contributed by atoms with Crippen molar-refractivity contribution in [3.63, 3.8) is 0 Å². The highest BCUT2D eigenvalue weighted by Gasteiger charge is 2.25. The van der Waals surface area contributed by atoms with Crippen LogP contribution in [0.4, 0.5) is 0 Å². The molecule has 2 aromatic heterocycles. The second-order valence-corrected chi connectivity index (χ2v) is 6.69. The smallest absolute Gasteiger partial charge is 0.0991 e. The number of hydrogen-bond donors (Lipinski definition) is 0. The third-order valence-electron chi connectivity index (χ3n) is 4.78. The van der Waals surface area contributed by atoms with Gasteiger partial charge in [0.1, 0.15) is 0 Å². The van der Waals surface area contributed by atoms with Crippen LogP contribution in [0.1, 0.15) is 29.4 Å². The molecule has 3 heterocycles. The molecule has 0 radical (unpaired) electrons. The number of benzene rings is 1. The fourth-order valence-electron chi connectivity index (χ4n) is 3.61. The van der Waals surface area contributed by atoms with Crippen LogP contribution in [0, 0.1) is 13.8 Å². The van der Waals surface area contributed by atoms with E-state index in [1.807, 2.05) is 17.1 Å². The van der Waals surface area contributed by atoms with Crippen LogP contribution in [-0.4, -0.2) is 37.3 Å². The first-order valence-corrected chi connectivity index (χ1v) is 8.51. The van der Waals surface area contributed by atoms with Gasteiger partial charge in [-0.15, -0.1) is 0 Å². The summed E-state index contributed by atoms with van der Waals surface area (Å²) in [6, 6.07) is 11.4. The monoisotopic (exact) mass is 321 g/mol. The van der Waals surface area contributed by atoms with Gasteiger partial charge in [0.2, 0.25) is 0 Å². The molecule has 1 unspecified atom stereocenters. The van der Waals surface area contributed by atoms with Gasteiger partial charge in [0.25, 0.3) is 0 Å². The first kappa shape index (κ1) is 15.1. The molecule has 3 aromatic rings. The van der Waals surface area contributed by atoms with Crippen LogP contribution in [0.15, 0.2) is 49.1 Å². The zero-order valence-corrected chi connectivity index (χ0v) is 14.3. The van der Waals surface area contributed by atoms with Crippen molar-refractivity contribution in [1.82, 2.24) is 24.2 Å². The van der Waals surface area contributed by atoms with Gasteiger partial charge in [-0.3, -0.25) is 9.58 Å². The molecule has 1 saturated heterocycles. The van der Waals surface area contributed by atoms with Crippen molar-refractivity contribution in [2.45, 2.75) is 32.9 Å². The zero-order valence-electron chi connectivity index (χ0n) is 14.3. The van der Waals surface area contributed by atoms with Crippen LogP contribution in [0.25, 0.3) is 5.69 Å². The molecule has 124 valence electrons. The SMILES string of the molecule is Cc1cc(C)n(C2CCN(Cc3ccc(-n4ccnc4)cc3)C2)n1. The van der Waals surface area contributed by atoms with E-state index in [1.165, 1.54) is 17.7 Å². The summed E-state index contributed by atoms with van der Waals surface area (Å²) in [6.45, 7) is 7.42. The summed E-state index contributed by atoms with van der Waals surface area (Å²) >= 11 is 0. The fraction of sp³-hybridized carbons (Fsp3) is 0.368. The average molecular weight is 321 g/mol. The van der Waals surface area contributed by atoms with E-state index in [0.29, 0.717) is 6.04 Å². The Morgan fingerprint density at radius 3 is 2.67 bits per heavy atom. The molecular formula is C19H23N5. The predicted octanol–water partition coefficient (Wildman–Crippen LogP) is 3.13. The zero-order chi connectivity index (χ0) is 16.5. The molecule has 0 N–H and O–H groups in total. The lowest BCUT2D eigenvalue weighted by molar-refractivity contribution is 0.310. The van der Waals surface area contributed by atoms with E-state index in [2.05, 4.69) is 63.8 Å². The van der Waals surface area contributed by atoms with E-state index in [1.54, 1.807) is 6.20 Å². The first-order chi connectivity index (χ1) is 11.7. The lowest BCUT2D eigenvalue weighted by Gasteiger charge is -2.17. The van der Waals surface area contributed by atoms with Crippen molar-refractivity contribution in [3.8, 4) is 5.69 Å². The van der Waals surface area contributed by atoms with Gasteiger partial charge in [-0.1, -0.05) is 12.1 Å². The summed E-state index contributed by atoms with van der Waals surface area (Å²) in [4.78, 5) is 6.62. The molecule has 24 heavy (non-hydrogen) atoms. The standard InChI is InChI=1S/C19H23N5/c1-15-11-16(2)24(21-15)19-7-9-22(13-19)12-17-3-5-18(6-4-17)23-10-8-20-14-23/h3-6,8,10-11,14,19H,7,9,12-13H2,1-2H3. The largest absolute Gasteiger partial charge is 0.306 e. The van der Waals surface area contributed by atoms with Crippen LogP contribution in [0.3, 0.4) is 0 Å². The molecule has 0 aliphatic carbocycles. The van der Waals surface area contributed by atoms with Crippen molar-refractivity contribution in [1.29, 1.82) is 0 Å². The van der Waals surface area contributed by atoms with Gasteiger partial charge in [-0.2, -0.15) is 5.10 Å². The minimum Gasteiger partial charge on any atom is -0.306 e. The van der Waals surface area contributed by atoms with E-state index in [-0.39, 0.29) is 0 Å². The summed E-state index contributed by atoms with van der Waals surface area (Å²) in [5.74, 6) is 0. The first-order valence-electron chi connectivity index (χ1n) is 8.51. The molecule has 0 saturated carbocycles. The maximum atomic E-state index is 4.66. The van der Waals surface area contributed by atoms with Crippen molar-refractivity contribution in [2.75, 3.05) is 13.1 Å². The Hall–Kier alpha value is -2.40. The van der Waals surface area contributed by atoms with Gasteiger partial charge in [0.05, 0.1) is 18.1 Å². The molecule has 0 amide bonds. The van der Waals surface area contributed by atoms with Gasteiger partial charge in [0, 0.05) is 43.4 Å². The normalized spacial score (nSPS) is 18.3. The van der Waals surface area contributed by atoms with Crippen molar-refractivity contribution in [2.24, 2.45) is 0 Å². The summed E-state index contributed by atoms with van der Waals surface area (Å²) < 4.78 is 4.23. The topological polar surface area (TPSA) is 38.9 Å². The van der Waals surface area contributed by atoms with Gasteiger partial charge < -0.3 is 4.57 Å². The molecule has 1 fully saturated rings. The van der Waals surface area contributed by atoms with Crippen molar-refractivity contribution >= 4 is 0 Å². The molecule has 5 heteroatoms. The molecule has 1 atom stereocenters. The highest BCUT2D eigenvalue weighted by atomic mass is 15.3. The summed E-state index contributed by atoms with van der Waals surface area (Å²) in [5, 5.41) is 4.66. The van der Waals surface area contributed by atoms with Gasteiger partial charge >= 0.3 is 0 Å². The van der Waals surface area contributed by atoms with Gasteiger partial charge in [-0.25, -0.2) is 4.98 Å². The Kier molecular flexibility index (Phi) is 3.94. The summed E-state index contributed by atoms with van der Waals surface area (Å²) in [6.07, 6.45) is 6.77. The Labute approximate surface area is 142 Å². The minimum absolute atomic E-state index is 0.504. The number of imidazole rings is 1. The van der Waals surface area contributed by atoms with E-state index >= 15 is 0 Å². The molecule has 1 aliphatic rings. The quantitative estimate of drug-likeness (QED) is 0.741. The molecule has 1 aliphatic heterocycles. The minimum atomic E-state index is 0.504.